The van der Waals surface area contributed by atoms with Gasteiger partial charge < -0.3 is 14.8 Å². The maximum absolute atomic E-state index is 13.3. The molecule has 0 spiro atoms. The monoisotopic (exact) mass is 484 g/mol. The number of Topliss-reactive ketones (excluding diaryl/α,β-unsaturated/α-hetero) is 1. The second-order valence-electron chi connectivity index (χ2n) is 9.03. The fraction of sp³-hybridized carbons (Fsp3) is 0.222. The van der Waals surface area contributed by atoms with Gasteiger partial charge in [0.1, 0.15) is 16.9 Å². The molecule has 0 unspecified atom stereocenters. The minimum absolute atomic E-state index is 0.0827. The normalized spacial score (nSPS) is 14.1. The maximum Gasteiger partial charge on any atom is 0.343 e. The Bertz CT molecular complexity index is 1520. The summed E-state index contributed by atoms with van der Waals surface area (Å²) >= 11 is 0. The number of ketones is 1. The topological polar surface area (TPSA) is 112 Å². The van der Waals surface area contributed by atoms with Crippen LogP contribution in [0.3, 0.4) is 0 Å². The summed E-state index contributed by atoms with van der Waals surface area (Å²) in [5.74, 6) is -0.294. The van der Waals surface area contributed by atoms with Gasteiger partial charge in [0.15, 0.2) is 17.4 Å². The molecule has 1 aliphatic heterocycles. The van der Waals surface area contributed by atoms with Crippen molar-refractivity contribution in [3.05, 3.63) is 77.5 Å². The molecule has 0 saturated carbocycles. The van der Waals surface area contributed by atoms with E-state index in [9.17, 15) is 14.4 Å². The van der Waals surface area contributed by atoms with Gasteiger partial charge in [-0.3, -0.25) is 9.59 Å². The van der Waals surface area contributed by atoms with Gasteiger partial charge in [-0.25, -0.2) is 9.78 Å². The van der Waals surface area contributed by atoms with Crippen molar-refractivity contribution in [1.29, 1.82) is 0 Å². The molecule has 2 aromatic carbocycles. The zero-order valence-electron chi connectivity index (χ0n) is 20.1. The Morgan fingerprint density at radius 1 is 1.14 bits per heavy atom. The molecule has 0 saturated heterocycles. The summed E-state index contributed by atoms with van der Waals surface area (Å²) in [6, 6.07) is 15.9. The molecule has 0 bridgehead atoms. The number of hydrogen-bond donors (Lipinski definition) is 1. The summed E-state index contributed by atoms with van der Waals surface area (Å²) in [5.41, 5.74) is 0.787. The Morgan fingerprint density at radius 2 is 1.94 bits per heavy atom. The number of nitrogens with one attached hydrogen (secondary N) is 1. The lowest BCUT2D eigenvalue weighted by atomic mass is 9.92. The molecule has 9 heteroatoms. The van der Waals surface area contributed by atoms with Gasteiger partial charge in [0, 0.05) is 10.9 Å². The Hall–Kier alpha value is -4.53. The number of benzene rings is 2. The van der Waals surface area contributed by atoms with Gasteiger partial charge >= 0.3 is 5.97 Å². The van der Waals surface area contributed by atoms with E-state index in [-0.39, 0.29) is 35.8 Å². The minimum atomic E-state index is -0.629. The highest BCUT2D eigenvalue weighted by molar-refractivity contribution is 6.09. The van der Waals surface area contributed by atoms with Gasteiger partial charge in [-0.05, 0) is 57.2 Å². The number of carbonyl (C=O) groups excluding carboxylic acids is 3. The summed E-state index contributed by atoms with van der Waals surface area (Å²) in [7, 11) is 0. The number of anilines is 1. The van der Waals surface area contributed by atoms with Crippen LogP contribution in [-0.2, 0) is 4.74 Å². The van der Waals surface area contributed by atoms with E-state index in [1.165, 1.54) is 16.9 Å². The van der Waals surface area contributed by atoms with E-state index in [4.69, 9.17) is 9.47 Å². The Balaban J connectivity index is 1.53. The number of hydrogen-bond acceptors (Lipinski definition) is 7. The number of aromatic nitrogens is 3. The number of pyridine rings is 1. The van der Waals surface area contributed by atoms with Crippen molar-refractivity contribution >= 4 is 34.4 Å². The molecule has 0 radical (unpaired) electrons. The maximum atomic E-state index is 13.3. The zero-order valence-corrected chi connectivity index (χ0v) is 20.1. The van der Waals surface area contributed by atoms with Gasteiger partial charge in [-0.1, -0.05) is 18.2 Å². The van der Waals surface area contributed by atoms with Crippen LogP contribution < -0.4 is 10.1 Å². The molecule has 2 aromatic heterocycles. The lowest BCUT2D eigenvalue weighted by Crippen LogP contribution is -2.36. The first kappa shape index (κ1) is 23.2. The Morgan fingerprint density at radius 3 is 2.75 bits per heavy atom. The number of esters is 1. The summed E-state index contributed by atoms with van der Waals surface area (Å²) in [4.78, 5) is 43.2. The Labute approximate surface area is 207 Å². The lowest BCUT2D eigenvalue weighted by Gasteiger charge is -2.31. The molecule has 3 heterocycles. The van der Waals surface area contributed by atoms with Crippen LogP contribution in [0, 0.1) is 0 Å². The largest absolute Gasteiger partial charge is 0.487 e. The van der Waals surface area contributed by atoms with Crippen LogP contribution in [0.2, 0.25) is 0 Å². The molecular formula is C27H24N4O5. The van der Waals surface area contributed by atoms with E-state index in [0.717, 1.165) is 10.9 Å². The summed E-state index contributed by atoms with van der Waals surface area (Å²) in [6.07, 6.45) is 1.54. The highest BCUT2D eigenvalue weighted by Gasteiger charge is 2.33. The Kier molecular flexibility index (Phi) is 5.75. The van der Waals surface area contributed by atoms with Gasteiger partial charge in [0.2, 0.25) is 0 Å². The fourth-order valence-corrected chi connectivity index (χ4v) is 4.15. The molecule has 4 aromatic rings. The summed E-state index contributed by atoms with van der Waals surface area (Å²) in [6.45, 7) is 5.54. The average molecular weight is 485 g/mol. The van der Waals surface area contributed by atoms with Crippen LogP contribution in [0.5, 0.6) is 5.75 Å². The number of amides is 1. The van der Waals surface area contributed by atoms with Crippen molar-refractivity contribution in [2.75, 3.05) is 11.9 Å². The molecule has 182 valence electrons. The van der Waals surface area contributed by atoms with Crippen molar-refractivity contribution in [2.24, 2.45) is 0 Å². The van der Waals surface area contributed by atoms with E-state index >= 15 is 0 Å². The van der Waals surface area contributed by atoms with Gasteiger partial charge in [-0.2, -0.15) is 9.78 Å². The molecule has 9 nitrogen and oxygen atoms in total. The number of para-hydroxylation sites is 1. The van der Waals surface area contributed by atoms with E-state index in [1.807, 2.05) is 44.2 Å². The van der Waals surface area contributed by atoms with Crippen LogP contribution in [0.1, 0.15) is 58.3 Å². The first-order chi connectivity index (χ1) is 17.3. The molecule has 0 atom stereocenters. The highest BCUT2D eigenvalue weighted by Crippen LogP contribution is 2.34. The lowest BCUT2D eigenvalue weighted by molar-refractivity contribution is 0.0526. The van der Waals surface area contributed by atoms with Crippen molar-refractivity contribution < 1.29 is 23.9 Å². The number of carbonyl (C=O) groups is 3. The quantitative estimate of drug-likeness (QED) is 0.412. The SMILES string of the molecule is CCOC(=O)c1cnn(-c2ccc3ccccc3n2)c1NC(=O)c1ccc2c(c1)C(=O)CC(C)(C)O2. The number of nitrogens with zero attached hydrogens (tertiary/aromatic N) is 3. The molecular weight excluding hydrogens is 460 g/mol. The molecule has 1 aliphatic rings. The third kappa shape index (κ3) is 4.31. The van der Waals surface area contributed by atoms with Crippen LogP contribution in [0.15, 0.2) is 60.8 Å². The summed E-state index contributed by atoms with van der Waals surface area (Å²) in [5, 5.41) is 8.01. The van der Waals surface area contributed by atoms with Crippen LogP contribution in [0.4, 0.5) is 5.82 Å². The minimum Gasteiger partial charge on any atom is -0.487 e. The summed E-state index contributed by atoms with van der Waals surface area (Å²) < 4.78 is 12.4. The first-order valence-corrected chi connectivity index (χ1v) is 11.5. The number of rotatable bonds is 5. The van der Waals surface area contributed by atoms with Gasteiger partial charge in [0.25, 0.3) is 5.91 Å². The second-order valence-corrected chi connectivity index (χ2v) is 9.03. The number of ether oxygens (including phenoxy) is 2. The third-order valence-corrected chi connectivity index (χ3v) is 5.81. The van der Waals surface area contributed by atoms with Gasteiger partial charge in [0.05, 0.1) is 30.3 Å². The molecule has 1 N–H and O–H groups in total. The predicted octanol–water partition coefficient (Wildman–Crippen LogP) is 4.59. The predicted molar refractivity (Wildman–Crippen MR) is 133 cm³/mol. The van der Waals surface area contributed by atoms with E-state index < -0.39 is 17.5 Å². The standard InChI is InChI=1S/C27H24N4O5/c1-4-35-26(34)19-15-28-31(23-12-10-16-7-5-6-8-20(16)29-23)24(19)30-25(33)17-9-11-22-18(13-17)21(32)14-27(2,3)36-22/h5-13,15H,4,14H2,1-3H3,(H,30,33). The first-order valence-electron chi connectivity index (χ1n) is 11.5. The average Bonchev–Trinajstić information content (AvgIpc) is 3.26. The van der Waals surface area contributed by atoms with E-state index in [0.29, 0.717) is 17.1 Å². The van der Waals surface area contributed by atoms with E-state index in [1.54, 1.807) is 25.1 Å². The van der Waals surface area contributed by atoms with Crippen molar-refractivity contribution in [3.8, 4) is 11.6 Å². The van der Waals surface area contributed by atoms with Crippen molar-refractivity contribution in [3.63, 3.8) is 0 Å². The van der Waals surface area contributed by atoms with Crippen LogP contribution in [0.25, 0.3) is 16.7 Å². The van der Waals surface area contributed by atoms with Crippen LogP contribution in [-0.4, -0.2) is 44.6 Å². The molecule has 0 aliphatic carbocycles. The van der Waals surface area contributed by atoms with Crippen molar-refractivity contribution in [1.82, 2.24) is 14.8 Å². The number of fused-ring (bicyclic) bond motifs is 2. The molecule has 5 rings (SSSR count). The van der Waals surface area contributed by atoms with Crippen LogP contribution >= 0.6 is 0 Å². The molecule has 0 fully saturated rings. The fourth-order valence-electron chi connectivity index (χ4n) is 4.15. The van der Waals surface area contributed by atoms with E-state index in [2.05, 4.69) is 15.4 Å². The highest BCUT2D eigenvalue weighted by atomic mass is 16.5. The third-order valence-electron chi connectivity index (χ3n) is 5.81. The second kappa shape index (κ2) is 8.92. The molecule has 1 amide bonds. The smallest absolute Gasteiger partial charge is 0.343 e. The van der Waals surface area contributed by atoms with Crippen molar-refractivity contribution in [2.45, 2.75) is 32.8 Å². The van der Waals surface area contributed by atoms with Gasteiger partial charge in [-0.15, -0.1) is 0 Å². The zero-order chi connectivity index (χ0) is 25.4. The molecule has 36 heavy (non-hydrogen) atoms.